The topological polar surface area (TPSA) is 46.2 Å². The molecule has 33 heavy (non-hydrogen) atoms. The molecule has 168 valence electrons. The molecule has 1 aliphatic heterocycles. The third-order valence-electron chi connectivity index (χ3n) is 6.44. The Hall–Kier alpha value is -2.34. The van der Waals surface area contributed by atoms with E-state index in [0.29, 0.717) is 5.02 Å². The number of halogens is 1. The first-order chi connectivity index (χ1) is 16.1. The highest BCUT2D eigenvalue weighted by atomic mass is 35.5. The Balaban J connectivity index is 1.47. The Bertz CT molecular complexity index is 1180. The van der Waals surface area contributed by atoms with Gasteiger partial charge in [-0.05, 0) is 76.9 Å². The van der Waals surface area contributed by atoms with Gasteiger partial charge in [0.1, 0.15) is 5.25 Å². The minimum absolute atomic E-state index is 0.0889. The Morgan fingerprint density at radius 2 is 1.82 bits per heavy atom. The summed E-state index contributed by atoms with van der Waals surface area (Å²) >= 11 is 9.07. The van der Waals surface area contributed by atoms with Crippen molar-refractivity contribution in [2.24, 2.45) is 0 Å². The van der Waals surface area contributed by atoms with E-state index in [4.69, 9.17) is 11.6 Å². The van der Waals surface area contributed by atoms with Crippen LogP contribution in [0.1, 0.15) is 48.8 Å². The first-order valence-electron chi connectivity index (χ1n) is 11.2. The van der Waals surface area contributed by atoms with E-state index in [9.17, 15) is 9.59 Å². The second kappa shape index (κ2) is 9.49. The third-order valence-corrected chi connectivity index (χ3v) is 8.89. The fourth-order valence-electron chi connectivity index (χ4n) is 4.70. The number of piperidine rings is 1. The normalized spacial score (nSPS) is 23.2. The van der Waals surface area contributed by atoms with Gasteiger partial charge in [0.25, 0.3) is 0 Å². The summed E-state index contributed by atoms with van der Waals surface area (Å²) in [4.78, 5) is 27.4. The maximum atomic E-state index is 13.4. The fourth-order valence-corrected chi connectivity index (χ4v) is 6.67. The highest BCUT2D eigenvalue weighted by Crippen LogP contribution is 2.42. The van der Waals surface area contributed by atoms with Crippen LogP contribution in [0.3, 0.4) is 0 Å². The van der Waals surface area contributed by atoms with E-state index < -0.39 is 10.8 Å². The quantitative estimate of drug-likeness (QED) is 0.395. The largest absolute Gasteiger partial charge is 0.341 e. The number of thioether (sulfide) groups is 1. The highest BCUT2D eigenvalue weighted by Gasteiger charge is 2.47. The van der Waals surface area contributed by atoms with Gasteiger partial charge < -0.3 is 5.32 Å². The van der Waals surface area contributed by atoms with Gasteiger partial charge in [-0.25, -0.2) is 0 Å². The van der Waals surface area contributed by atoms with Crippen molar-refractivity contribution in [3.63, 3.8) is 0 Å². The highest BCUT2D eigenvalue weighted by molar-refractivity contribution is 8.01. The zero-order valence-electron chi connectivity index (χ0n) is 18.1. The fraction of sp³-hybridized carbons (Fsp3) is 0.259. The lowest BCUT2D eigenvalue weighted by Crippen LogP contribution is -2.57. The molecular formula is C27H24ClNO2S2. The number of nitrogens with one attached hydrogen (secondary N) is 1. The van der Waals surface area contributed by atoms with Gasteiger partial charge in [-0.2, -0.15) is 11.3 Å². The van der Waals surface area contributed by atoms with Crippen LogP contribution >= 0.6 is 34.7 Å². The van der Waals surface area contributed by atoms with Crippen molar-refractivity contribution in [1.29, 1.82) is 0 Å². The molecule has 1 N–H and O–H groups in total. The number of ketones is 1. The van der Waals surface area contributed by atoms with Crippen molar-refractivity contribution < 1.29 is 9.59 Å². The number of hydrogen-bond acceptors (Lipinski definition) is 4. The molecule has 2 heterocycles. The van der Waals surface area contributed by atoms with Crippen LogP contribution in [-0.2, 0) is 15.1 Å². The molecule has 0 bridgehead atoms. The van der Waals surface area contributed by atoms with Gasteiger partial charge in [-0.3, -0.25) is 9.59 Å². The molecule has 1 aromatic heterocycles. The predicted octanol–water partition coefficient (Wildman–Crippen LogP) is 6.85. The number of amides is 1. The summed E-state index contributed by atoms with van der Waals surface area (Å²) in [5.41, 5.74) is 3.63. The van der Waals surface area contributed by atoms with Crippen molar-refractivity contribution in [3.8, 4) is 0 Å². The summed E-state index contributed by atoms with van der Waals surface area (Å²) in [6.45, 7) is 0. The number of benzene rings is 2. The monoisotopic (exact) mass is 493 g/mol. The van der Waals surface area contributed by atoms with Crippen molar-refractivity contribution >= 4 is 52.0 Å². The smallest absolute Gasteiger partial charge is 0.242 e. The molecular weight excluding hydrogens is 470 g/mol. The maximum Gasteiger partial charge on any atom is 0.242 e. The Morgan fingerprint density at radius 1 is 1.00 bits per heavy atom. The summed E-state index contributed by atoms with van der Waals surface area (Å²) in [6.07, 6.45) is 7.25. The number of hydrogen-bond donors (Lipinski definition) is 1. The van der Waals surface area contributed by atoms with E-state index in [2.05, 4.69) is 35.7 Å². The molecule has 0 radical (unpaired) electrons. The summed E-state index contributed by atoms with van der Waals surface area (Å²) in [5.74, 6) is -0.365. The van der Waals surface area contributed by atoms with Crippen LogP contribution in [-0.4, -0.2) is 16.9 Å². The molecule has 1 aliphatic carbocycles. The lowest BCUT2D eigenvalue weighted by atomic mass is 9.76. The molecule has 2 atom stereocenters. The maximum absolute atomic E-state index is 13.4. The summed E-state index contributed by atoms with van der Waals surface area (Å²) in [7, 11) is 0. The van der Waals surface area contributed by atoms with E-state index in [1.54, 1.807) is 17.4 Å². The molecule has 3 nitrogen and oxygen atoms in total. The molecule has 1 amide bonds. The molecule has 0 spiro atoms. The standard InChI is InChI=1S/C27H24ClNO2S2/c28-22-8-4-5-9-24(22)33-25-23(30)16-27(29-26(25)31,21-14-15-32-17-21)20-12-10-19(11-13-20)18-6-2-1-3-7-18/h4-6,8-15,17,25H,1-3,7,16H2,(H,29,31). The van der Waals surface area contributed by atoms with Gasteiger partial charge in [-0.1, -0.05) is 54.1 Å². The molecule has 5 rings (SSSR count). The molecule has 1 saturated heterocycles. The summed E-state index contributed by atoms with van der Waals surface area (Å²) in [6, 6.07) is 17.7. The van der Waals surface area contributed by atoms with Crippen LogP contribution in [0, 0.1) is 0 Å². The van der Waals surface area contributed by atoms with Crippen molar-refractivity contribution in [1.82, 2.24) is 5.32 Å². The number of rotatable bonds is 5. The van der Waals surface area contributed by atoms with Crippen LogP contribution in [0.25, 0.3) is 5.57 Å². The predicted molar refractivity (Wildman–Crippen MR) is 137 cm³/mol. The summed E-state index contributed by atoms with van der Waals surface area (Å²) in [5, 5.41) is 6.97. The third kappa shape index (κ3) is 4.42. The van der Waals surface area contributed by atoms with Gasteiger partial charge in [0, 0.05) is 11.3 Å². The molecule has 2 aromatic carbocycles. The number of carbonyl (C=O) groups is 2. The van der Waals surface area contributed by atoms with Crippen LogP contribution < -0.4 is 5.32 Å². The van der Waals surface area contributed by atoms with Crippen molar-refractivity contribution in [2.45, 2.75) is 47.8 Å². The Labute approximate surface area is 207 Å². The van der Waals surface area contributed by atoms with Crippen LogP contribution in [0.5, 0.6) is 0 Å². The Morgan fingerprint density at radius 3 is 2.48 bits per heavy atom. The van der Waals surface area contributed by atoms with Crippen LogP contribution in [0.2, 0.25) is 5.02 Å². The van der Waals surface area contributed by atoms with E-state index in [-0.39, 0.29) is 18.1 Å². The first kappa shape index (κ1) is 22.5. The zero-order valence-corrected chi connectivity index (χ0v) is 20.4. The van der Waals surface area contributed by atoms with E-state index in [1.807, 2.05) is 35.0 Å². The lowest BCUT2D eigenvalue weighted by Gasteiger charge is -2.40. The lowest BCUT2D eigenvalue weighted by molar-refractivity contribution is -0.132. The molecule has 0 saturated carbocycles. The average Bonchev–Trinajstić information content (AvgIpc) is 3.39. The Kier molecular flexibility index (Phi) is 6.46. The molecule has 3 aromatic rings. The number of Topliss-reactive ketones (excluding diaryl/α,β-unsaturated/α-hetero) is 1. The first-order valence-corrected chi connectivity index (χ1v) is 13.4. The van der Waals surface area contributed by atoms with Gasteiger partial charge in [0.15, 0.2) is 5.78 Å². The van der Waals surface area contributed by atoms with Gasteiger partial charge in [0.2, 0.25) is 5.91 Å². The van der Waals surface area contributed by atoms with Crippen LogP contribution in [0.4, 0.5) is 0 Å². The van der Waals surface area contributed by atoms with Gasteiger partial charge in [0.05, 0.1) is 10.6 Å². The molecule has 2 aliphatic rings. The number of thiophene rings is 1. The zero-order chi connectivity index (χ0) is 22.8. The van der Waals surface area contributed by atoms with Crippen molar-refractivity contribution in [2.75, 3.05) is 0 Å². The second-order valence-corrected chi connectivity index (χ2v) is 10.9. The average molecular weight is 494 g/mol. The van der Waals surface area contributed by atoms with Gasteiger partial charge in [-0.15, -0.1) is 11.8 Å². The van der Waals surface area contributed by atoms with Crippen molar-refractivity contribution in [3.05, 3.63) is 93.1 Å². The summed E-state index contributed by atoms with van der Waals surface area (Å²) < 4.78 is 0. The number of allylic oxidation sites excluding steroid dienone is 2. The number of carbonyl (C=O) groups excluding carboxylic acids is 2. The minimum atomic E-state index is -0.856. The van der Waals surface area contributed by atoms with E-state index in [0.717, 1.165) is 28.9 Å². The molecule has 1 fully saturated rings. The van der Waals surface area contributed by atoms with E-state index >= 15 is 0 Å². The van der Waals surface area contributed by atoms with Gasteiger partial charge >= 0.3 is 0 Å². The molecule has 6 heteroatoms. The van der Waals surface area contributed by atoms with Crippen LogP contribution in [0.15, 0.2) is 76.3 Å². The molecule has 2 unspecified atom stereocenters. The van der Waals surface area contributed by atoms with E-state index in [1.165, 1.54) is 35.7 Å². The SMILES string of the molecule is O=C1CC(c2ccc(C3=CCCCC3)cc2)(c2ccsc2)NC(=O)C1Sc1ccccc1Cl. The minimum Gasteiger partial charge on any atom is -0.341 e. The second-order valence-electron chi connectivity index (χ2n) is 8.53.